The second kappa shape index (κ2) is 7.85. The third-order valence-corrected chi connectivity index (χ3v) is 2.55. The zero-order valence-electron chi connectivity index (χ0n) is 11.9. The van der Waals surface area contributed by atoms with Crippen molar-refractivity contribution in [1.29, 1.82) is 0 Å². The number of nitrogens with zero attached hydrogens (tertiary/aromatic N) is 3. The molecule has 1 rings (SSSR count). The predicted molar refractivity (Wildman–Crippen MR) is 67.4 cm³/mol. The van der Waals surface area contributed by atoms with Crippen LogP contribution in [0.3, 0.4) is 0 Å². The van der Waals surface area contributed by atoms with Gasteiger partial charge in [-0.3, -0.25) is 4.79 Å². The van der Waals surface area contributed by atoms with E-state index >= 15 is 0 Å². The van der Waals surface area contributed by atoms with Crippen molar-refractivity contribution >= 4 is 5.91 Å². The van der Waals surface area contributed by atoms with Crippen LogP contribution >= 0.6 is 0 Å². The molecule has 0 aliphatic heterocycles. The molecule has 0 spiro atoms. The zero-order valence-corrected chi connectivity index (χ0v) is 11.9. The summed E-state index contributed by atoms with van der Waals surface area (Å²) in [4.78, 5) is 17.6. The van der Waals surface area contributed by atoms with Crippen LogP contribution in [0.15, 0.2) is 4.52 Å². The minimum atomic E-state index is -0.467. The molecule has 1 heterocycles. The Morgan fingerprint density at radius 2 is 2.26 bits per heavy atom. The van der Waals surface area contributed by atoms with E-state index < -0.39 is 6.10 Å². The molecule has 0 aromatic carbocycles. The molecule has 0 bridgehead atoms. The van der Waals surface area contributed by atoms with Crippen LogP contribution < -0.4 is 0 Å². The standard InChI is InChI=1S/C12H21N3O4/c1-5-18-9(2)12(16)15(3)8-11-13-10(14-19-11)6-7-17-4/h9H,5-8H2,1-4H3. The van der Waals surface area contributed by atoms with Gasteiger partial charge < -0.3 is 18.9 Å². The van der Waals surface area contributed by atoms with E-state index in [1.54, 1.807) is 21.1 Å². The number of hydrogen-bond donors (Lipinski definition) is 0. The van der Waals surface area contributed by atoms with Crippen LogP contribution in [-0.4, -0.2) is 54.4 Å². The fraction of sp³-hybridized carbons (Fsp3) is 0.750. The molecule has 7 heteroatoms. The summed E-state index contributed by atoms with van der Waals surface area (Å²) >= 11 is 0. The predicted octanol–water partition coefficient (Wildman–Crippen LogP) is 0.642. The van der Waals surface area contributed by atoms with Crippen LogP contribution in [0.2, 0.25) is 0 Å². The normalized spacial score (nSPS) is 12.4. The maximum Gasteiger partial charge on any atom is 0.251 e. The summed E-state index contributed by atoms with van der Waals surface area (Å²) in [5.74, 6) is 0.875. The molecule has 0 saturated carbocycles. The highest BCUT2D eigenvalue weighted by atomic mass is 16.5. The quantitative estimate of drug-likeness (QED) is 0.690. The van der Waals surface area contributed by atoms with Gasteiger partial charge in [0.25, 0.3) is 5.91 Å². The Morgan fingerprint density at radius 1 is 1.53 bits per heavy atom. The first-order valence-electron chi connectivity index (χ1n) is 6.25. The van der Waals surface area contributed by atoms with Crippen molar-refractivity contribution in [3.8, 4) is 0 Å². The minimum Gasteiger partial charge on any atom is -0.384 e. The summed E-state index contributed by atoms with van der Waals surface area (Å²) in [6.07, 6.45) is 0.124. The molecule has 1 aromatic rings. The van der Waals surface area contributed by atoms with Crippen LogP contribution in [0.1, 0.15) is 25.6 Å². The van der Waals surface area contributed by atoms with Gasteiger partial charge in [-0.25, -0.2) is 0 Å². The van der Waals surface area contributed by atoms with Gasteiger partial charge in [-0.1, -0.05) is 5.16 Å². The molecule has 0 fully saturated rings. The third kappa shape index (κ3) is 4.96. The fourth-order valence-electron chi connectivity index (χ4n) is 1.56. The summed E-state index contributed by atoms with van der Waals surface area (Å²) in [5.41, 5.74) is 0. The average molecular weight is 271 g/mol. The van der Waals surface area contributed by atoms with Gasteiger partial charge in [0, 0.05) is 27.2 Å². The first-order valence-corrected chi connectivity index (χ1v) is 6.25. The van der Waals surface area contributed by atoms with E-state index in [1.807, 2.05) is 6.92 Å². The Kier molecular flexibility index (Phi) is 6.44. The number of methoxy groups -OCH3 is 1. The maximum atomic E-state index is 11.9. The third-order valence-electron chi connectivity index (χ3n) is 2.55. The Morgan fingerprint density at radius 3 is 2.89 bits per heavy atom. The van der Waals surface area contributed by atoms with Crippen molar-refractivity contribution in [1.82, 2.24) is 15.0 Å². The zero-order chi connectivity index (χ0) is 14.3. The number of aromatic nitrogens is 2. The Bertz CT molecular complexity index is 394. The van der Waals surface area contributed by atoms with Crippen LogP contribution in [0.25, 0.3) is 0 Å². The topological polar surface area (TPSA) is 77.7 Å². The summed E-state index contributed by atoms with van der Waals surface area (Å²) in [6.45, 7) is 4.89. The molecule has 0 saturated heterocycles. The molecule has 1 amide bonds. The van der Waals surface area contributed by atoms with Crippen molar-refractivity contribution in [2.75, 3.05) is 27.4 Å². The van der Waals surface area contributed by atoms with E-state index in [0.717, 1.165) is 0 Å². The SMILES string of the molecule is CCOC(C)C(=O)N(C)Cc1nc(CCOC)no1. The molecule has 7 nitrogen and oxygen atoms in total. The molecule has 0 aliphatic rings. The van der Waals surface area contributed by atoms with E-state index in [4.69, 9.17) is 14.0 Å². The summed E-state index contributed by atoms with van der Waals surface area (Å²) in [5, 5.41) is 3.81. The molecule has 1 unspecified atom stereocenters. The fourth-order valence-corrected chi connectivity index (χ4v) is 1.56. The minimum absolute atomic E-state index is 0.113. The van der Waals surface area contributed by atoms with Gasteiger partial charge >= 0.3 is 0 Å². The first kappa shape index (κ1) is 15.6. The van der Waals surface area contributed by atoms with Gasteiger partial charge in [0.1, 0.15) is 6.10 Å². The second-order valence-corrected chi connectivity index (χ2v) is 4.14. The van der Waals surface area contributed by atoms with Gasteiger partial charge in [-0.05, 0) is 13.8 Å². The number of ether oxygens (including phenoxy) is 2. The highest BCUT2D eigenvalue weighted by Gasteiger charge is 2.19. The molecule has 0 radical (unpaired) electrons. The number of likely N-dealkylation sites (N-methyl/N-ethyl adjacent to an activating group) is 1. The average Bonchev–Trinajstić information content (AvgIpc) is 2.83. The molecule has 0 N–H and O–H groups in total. The lowest BCUT2D eigenvalue weighted by atomic mass is 10.3. The van der Waals surface area contributed by atoms with Crippen molar-refractivity contribution in [2.24, 2.45) is 0 Å². The van der Waals surface area contributed by atoms with Crippen LogP contribution in [0.4, 0.5) is 0 Å². The molecule has 19 heavy (non-hydrogen) atoms. The van der Waals surface area contributed by atoms with Crippen LogP contribution in [0.5, 0.6) is 0 Å². The lowest BCUT2D eigenvalue weighted by molar-refractivity contribution is -0.141. The van der Waals surface area contributed by atoms with E-state index in [0.29, 0.717) is 31.3 Å². The van der Waals surface area contributed by atoms with Gasteiger partial charge in [-0.2, -0.15) is 4.98 Å². The molecular weight excluding hydrogens is 250 g/mol. The second-order valence-electron chi connectivity index (χ2n) is 4.14. The van der Waals surface area contributed by atoms with Crippen molar-refractivity contribution < 1.29 is 18.8 Å². The molecule has 1 aromatic heterocycles. The van der Waals surface area contributed by atoms with Crippen molar-refractivity contribution in [3.63, 3.8) is 0 Å². The van der Waals surface area contributed by atoms with Crippen molar-refractivity contribution in [3.05, 3.63) is 11.7 Å². The van der Waals surface area contributed by atoms with Gasteiger partial charge in [-0.15, -0.1) is 0 Å². The largest absolute Gasteiger partial charge is 0.384 e. The van der Waals surface area contributed by atoms with Crippen molar-refractivity contribution in [2.45, 2.75) is 32.9 Å². The molecule has 1 atom stereocenters. The maximum absolute atomic E-state index is 11.9. The Labute approximate surface area is 112 Å². The highest BCUT2D eigenvalue weighted by Crippen LogP contribution is 2.05. The molecular formula is C12H21N3O4. The van der Waals surface area contributed by atoms with Crippen LogP contribution in [-0.2, 0) is 27.2 Å². The number of carbonyl (C=O) groups excluding carboxylic acids is 1. The summed E-state index contributed by atoms with van der Waals surface area (Å²) in [6, 6.07) is 0. The number of amides is 1. The summed E-state index contributed by atoms with van der Waals surface area (Å²) in [7, 11) is 3.29. The number of rotatable bonds is 8. The number of hydrogen-bond acceptors (Lipinski definition) is 6. The molecule has 0 aliphatic carbocycles. The lowest BCUT2D eigenvalue weighted by Gasteiger charge is -2.19. The van der Waals surface area contributed by atoms with Gasteiger partial charge in [0.15, 0.2) is 5.82 Å². The lowest BCUT2D eigenvalue weighted by Crippen LogP contribution is -2.36. The monoisotopic (exact) mass is 271 g/mol. The smallest absolute Gasteiger partial charge is 0.251 e. The van der Waals surface area contributed by atoms with Crippen LogP contribution in [0, 0.1) is 0 Å². The number of carbonyl (C=O) groups is 1. The van der Waals surface area contributed by atoms with Gasteiger partial charge in [0.2, 0.25) is 5.89 Å². The Balaban J connectivity index is 2.49. The van der Waals surface area contributed by atoms with E-state index in [-0.39, 0.29) is 12.5 Å². The van der Waals surface area contributed by atoms with E-state index in [2.05, 4.69) is 10.1 Å². The highest BCUT2D eigenvalue weighted by molar-refractivity contribution is 5.80. The summed E-state index contributed by atoms with van der Waals surface area (Å²) < 4.78 is 15.2. The van der Waals surface area contributed by atoms with Gasteiger partial charge in [0.05, 0.1) is 13.2 Å². The first-order chi connectivity index (χ1) is 9.08. The van der Waals surface area contributed by atoms with E-state index in [9.17, 15) is 4.79 Å². The van der Waals surface area contributed by atoms with E-state index in [1.165, 1.54) is 4.90 Å². The Hall–Kier alpha value is -1.47. The molecule has 108 valence electrons.